The molecule has 2 aromatic rings. The van der Waals surface area contributed by atoms with Gasteiger partial charge in [0, 0.05) is 10.6 Å². The number of hydrogen-bond donors (Lipinski definition) is 1. The summed E-state index contributed by atoms with van der Waals surface area (Å²) in [6.07, 6.45) is 0. The highest BCUT2D eigenvalue weighted by molar-refractivity contribution is 6.30. The molecule has 20 heavy (non-hydrogen) atoms. The molecule has 0 amide bonds. The van der Waals surface area contributed by atoms with Gasteiger partial charge in [-0.1, -0.05) is 41.9 Å². The summed E-state index contributed by atoms with van der Waals surface area (Å²) in [5.41, 5.74) is 6.09. The van der Waals surface area contributed by atoms with Crippen molar-refractivity contribution in [3.8, 4) is 5.75 Å². The van der Waals surface area contributed by atoms with Gasteiger partial charge in [-0.25, -0.2) is 0 Å². The molecule has 0 heterocycles. The Morgan fingerprint density at radius 3 is 2.55 bits per heavy atom. The van der Waals surface area contributed by atoms with Crippen LogP contribution in [0.1, 0.15) is 18.1 Å². The number of hydrazone groups is 1. The van der Waals surface area contributed by atoms with Crippen molar-refractivity contribution in [1.29, 1.82) is 0 Å². The van der Waals surface area contributed by atoms with Crippen LogP contribution in [0.25, 0.3) is 0 Å². The van der Waals surface area contributed by atoms with Gasteiger partial charge < -0.3 is 10.2 Å². The Balaban J connectivity index is 2.00. The fraction of sp³-hybridized carbons (Fsp3) is 0.188. The molecule has 0 aliphatic rings. The van der Waals surface area contributed by atoms with Crippen LogP contribution in [0.4, 0.5) is 0 Å². The minimum Gasteiger partial charge on any atom is -0.496 e. The second-order valence-electron chi connectivity index (χ2n) is 4.35. The van der Waals surface area contributed by atoms with Crippen molar-refractivity contribution >= 4 is 17.3 Å². The monoisotopic (exact) mass is 288 g/mol. The van der Waals surface area contributed by atoms with Crippen LogP contribution < -0.4 is 10.2 Å². The number of hydrogen-bond acceptors (Lipinski definition) is 3. The first-order valence-electron chi connectivity index (χ1n) is 6.35. The van der Waals surface area contributed by atoms with Crippen LogP contribution in [0, 0.1) is 0 Å². The Labute approximate surface area is 124 Å². The first-order chi connectivity index (χ1) is 9.70. The van der Waals surface area contributed by atoms with Gasteiger partial charge in [-0.05, 0) is 30.7 Å². The van der Waals surface area contributed by atoms with Crippen LogP contribution in [0.5, 0.6) is 5.75 Å². The molecule has 1 N–H and O–H groups in total. The van der Waals surface area contributed by atoms with E-state index in [9.17, 15) is 0 Å². The second kappa shape index (κ2) is 6.96. The molecule has 104 valence electrons. The fourth-order valence-electron chi connectivity index (χ4n) is 1.85. The Hall–Kier alpha value is -2.00. The van der Waals surface area contributed by atoms with Crippen molar-refractivity contribution in [2.45, 2.75) is 13.5 Å². The number of methoxy groups -OCH3 is 1. The molecule has 0 radical (unpaired) electrons. The Kier molecular flexibility index (Phi) is 5.02. The smallest absolute Gasteiger partial charge is 0.123 e. The van der Waals surface area contributed by atoms with Gasteiger partial charge in [-0.2, -0.15) is 5.10 Å². The second-order valence-corrected chi connectivity index (χ2v) is 4.79. The molecule has 4 heteroatoms. The quantitative estimate of drug-likeness (QED) is 0.669. The predicted octanol–water partition coefficient (Wildman–Crippen LogP) is 3.86. The summed E-state index contributed by atoms with van der Waals surface area (Å²) >= 11 is 5.86. The zero-order valence-electron chi connectivity index (χ0n) is 11.6. The number of rotatable bonds is 5. The van der Waals surface area contributed by atoms with E-state index in [2.05, 4.69) is 10.5 Å². The van der Waals surface area contributed by atoms with Crippen LogP contribution >= 0.6 is 11.6 Å². The molecule has 2 rings (SSSR count). The zero-order chi connectivity index (χ0) is 14.4. The lowest BCUT2D eigenvalue weighted by atomic mass is 10.1. The maximum Gasteiger partial charge on any atom is 0.123 e. The van der Waals surface area contributed by atoms with Crippen molar-refractivity contribution < 1.29 is 4.74 Å². The van der Waals surface area contributed by atoms with Gasteiger partial charge in [0.25, 0.3) is 0 Å². The number of benzene rings is 2. The fourth-order valence-corrected chi connectivity index (χ4v) is 1.97. The van der Waals surface area contributed by atoms with Gasteiger partial charge in [0.05, 0.1) is 19.4 Å². The number of halogens is 1. The predicted molar refractivity (Wildman–Crippen MR) is 83.5 cm³/mol. The summed E-state index contributed by atoms with van der Waals surface area (Å²) in [6.45, 7) is 2.58. The maximum atomic E-state index is 5.86. The molecule has 0 atom stereocenters. The van der Waals surface area contributed by atoms with E-state index in [1.165, 1.54) is 0 Å². The third kappa shape index (κ3) is 3.75. The third-order valence-electron chi connectivity index (χ3n) is 2.97. The lowest BCUT2D eigenvalue weighted by Crippen LogP contribution is -2.10. The van der Waals surface area contributed by atoms with E-state index in [0.29, 0.717) is 6.54 Å². The largest absolute Gasteiger partial charge is 0.496 e. The summed E-state index contributed by atoms with van der Waals surface area (Å²) in [6, 6.07) is 15.5. The van der Waals surface area contributed by atoms with Gasteiger partial charge in [-0.3, -0.25) is 0 Å². The van der Waals surface area contributed by atoms with E-state index >= 15 is 0 Å². The number of nitrogens with one attached hydrogen (secondary N) is 1. The van der Waals surface area contributed by atoms with Crippen LogP contribution in [0.2, 0.25) is 5.02 Å². The molecule has 0 fully saturated rings. The highest BCUT2D eigenvalue weighted by Crippen LogP contribution is 2.16. The standard InChI is InChI=1S/C16H17ClN2O/c1-12(13-7-9-15(17)10-8-13)19-18-11-14-5-3-4-6-16(14)20-2/h3-10,18H,11H2,1-2H3/b19-12-. The molecule has 0 unspecified atom stereocenters. The van der Waals surface area contributed by atoms with Gasteiger partial charge in [0.15, 0.2) is 0 Å². The lowest BCUT2D eigenvalue weighted by molar-refractivity contribution is 0.408. The topological polar surface area (TPSA) is 33.6 Å². The minimum absolute atomic E-state index is 0.620. The minimum atomic E-state index is 0.620. The first kappa shape index (κ1) is 14.4. The van der Waals surface area contributed by atoms with Crippen LogP contribution in [0.3, 0.4) is 0 Å². The van der Waals surface area contributed by atoms with E-state index in [1.54, 1.807) is 7.11 Å². The molecule has 2 aromatic carbocycles. The van der Waals surface area contributed by atoms with Gasteiger partial charge in [0.2, 0.25) is 0 Å². The van der Waals surface area contributed by atoms with E-state index in [4.69, 9.17) is 16.3 Å². The van der Waals surface area contributed by atoms with Gasteiger partial charge in [0.1, 0.15) is 5.75 Å². The first-order valence-corrected chi connectivity index (χ1v) is 6.73. The molecule has 3 nitrogen and oxygen atoms in total. The Bertz CT molecular complexity index is 594. The van der Waals surface area contributed by atoms with Crippen molar-refractivity contribution in [3.63, 3.8) is 0 Å². The Morgan fingerprint density at radius 1 is 1.15 bits per heavy atom. The highest BCUT2D eigenvalue weighted by atomic mass is 35.5. The highest BCUT2D eigenvalue weighted by Gasteiger charge is 2.01. The summed E-state index contributed by atoms with van der Waals surface area (Å²) < 4.78 is 5.30. The number of para-hydroxylation sites is 1. The van der Waals surface area contributed by atoms with Crippen molar-refractivity contribution in [1.82, 2.24) is 5.43 Å². The maximum absolute atomic E-state index is 5.86. The average molecular weight is 289 g/mol. The van der Waals surface area contributed by atoms with Gasteiger partial charge in [-0.15, -0.1) is 0 Å². The number of nitrogens with zero attached hydrogens (tertiary/aromatic N) is 1. The molecule has 0 aromatic heterocycles. The molecular formula is C16H17ClN2O. The Morgan fingerprint density at radius 2 is 1.85 bits per heavy atom. The normalized spacial score (nSPS) is 11.2. The SMILES string of the molecule is COc1ccccc1CN/N=C(/C)c1ccc(Cl)cc1. The van der Waals surface area contributed by atoms with E-state index in [1.807, 2.05) is 55.5 Å². The van der Waals surface area contributed by atoms with Crippen molar-refractivity contribution in [2.75, 3.05) is 7.11 Å². The van der Waals surface area contributed by atoms with E-state index in [0.717, 1.165) is 27.6 Å². The summed E-state index contributed by atoms with van der Waals surface area (Å²) in [5, 5.41) is 5.09. The van der Waals surface area contributed by atoms with Crippen molar-refractivity contribution in [3.05, 3.63) is 64.7 Å². The van der Waals surface area contributed by atoms with E-state index in [-0.39, 0.29) is 0 Å². The zero-order valence-corrected chi connectivity index (χ0v) is 12.3. The molecule has 0 saturated heterocycles. The molecule has 0 saturated carbocycles. The summed E-state index contributed by atoms with van der Waals surface area (Å²) in [7, 11) is 1.67. The molecule has 0 aliphatic heterocycles. The molecule has 0 aliphatic carbocycles. The van der Waals surface area contributed by atoms with Crippen LogP contribution in [0.15, 0.2) is 53.6 Å². The number of ether oxygens (including phenoxy) is 1. The summed E-state index contributed by atoms with van der Waals surface area (Å²) in [5.74, 6) is 0.861. The lowest BCUT2D eigenvalue weighted by Gasteiger charge is -2.08. The van der Waals surface area contributed by atoms with Crippen LogP contribution in [-0.2, 0) is 6.54 Å². The third-order valence-corrected chi connectivity index (χ3v) is 3.22. The van der Waals surface area contributed by atoms with Crippen molar-refractivity contribution in [2.24, 2.45) is 5.10 Å². The van der Waals surface area contributed by atoms with Crippen LogP contribution in [-0.4, -0.2) is 12.8 Å². The average Bonchev–Trinajstić information content (AvgIpc) is 2.48. The molecular weight excluding hydrogens is 272 g/mol. The van der Waals surface area contributed by atoms with E-state index < -0.39 is 0 Å². The summed E-state index contributed by atoms with van der Waals surface area (Å²) in [4.78, 5) is 0. The van der Waals surface area contributed by atoms with Gasteiger partial charge >= 0.3 is 0 Å². The molecule has 0 bridgehead atoms. The molecule has 0 spiro atoms.